The van der Waals surface area contributed by atoms with E-state index in [1.54, 1.807) is 0 Å². The molecule has 220 valence electrons. The second-order valence-corrected chi connectivity index (χ2v) is 6.06. The number of aliphatic hydroxyl groups excluding tert-OH is 2. The zero-order chi connectivity index (χ0) is 32.1. The van der Waals surface area contributed by atoms with Gasteiger partial charge < -0.3 is 61.3 Å². The summed E-state index contributed by atoms with van der Waals surface area (Å²) >= 11 is 0. The molecular formula is C18H22O21. The molecule has 21 nitrogen and oxygen atoms in total. The Labute approximate surface area is 214 Å². The molecule has 0 aromatic heterocycles. The SMILES string of the molecule is O=C(O)C(O)C(O)C(=O)O.O=C(O)C=CC(=O)O.O=C(O)C=CC(=O)O.O=C(O)CC(O)(CC(=O)O)C(=O)O. The fraction of sp³-hybridized carbons (Fsp3) is 0.278. The van der Waals surface area contributed by atoms with E-state index in [9.17, 15) is 43.2 Å². The number of carboxylic acids is 9. The molecule has 0 aromatic rings. The first kappa shape index (κ1) is 40.7. The molecule has 0 radical (unpaired) electrons. The summed E-state index contributed by atoms with van der Waals surface area (Å²) in [5.74, 6) is -13.6. The number of hydrogen-bond acceptors (Lipinski definition) is 12. The third-order valence-electron chi connectivity index (χ3n) is 2.83. The quantitative estimate of drug-likeness (QED) is 0.0989. The number of rotatable bonds is 12. The lowest BCUT2D eigenvalue weighted by Gasteiger charge is -2.18. The van der Waals surface area contributed by atoms with Crippen LogP contribution in [0.15, 0.2) is 24.3 Å². The van der Waals surface area contributed by atoms with Crippen LogP contribution in [0.5, 0.6) is 0 Å². The van der Waals surface area contributed by atoms with Crippen molar-refractivity contribution in [3.05, 3.63) is 24.3 Å². The highest BCUT2D eigenvalue weighted by atomic mass is 16.4. The number of carboxylic acid groups (broad SMARTS) is 9. The largest absolute Gasteiger partial charge is 0.481 e. The lowest BCUT2D eigenvalue weighted by atomic mass is 9.96. The van der Waals surface area contributed by atoms with Crippen molar-refractivity contribution in [2.24, 2.45) is 0 Å². The Morgan fingerprint density at radius 3 is 0.795 bits per heavy atom. The van der Waals surface area contributed by atoms with E-state index in [1.165, 1.54) is 0 Å². The molecule has 0 aliphatic heterocycles. The second kappa shape index (κ2) is 20.7. The van der Waals surface area contributed by atoms with Gasteiger partial charge in [-0.25, -0.2) is 33.6 Å². The van der Waals surface area contributed by atoms with Gasteiger partial charge in [0.2, 0.25) is 0 Å². The lowest BCUT2D eigenvalue weighted by molar-refractivity contribution is -0.170. The van der Waals surface area contributed by atoms with Gasteiger partial charge in [0.1, 0.15) is 0 Å². The molecule has 21 heteroatoms. The van der Waals surface area contributed by atoms with Gasteiger partial charge in [0.05, 0.1) is 12.8 Å². The van der Waals surface area contributed by atoms with Crippen LogP contribution >= 0.6 is 0 Å². The van der Waals surface area contributed by atoms with Crippen molar-refractivity contribution < 1.29 is 104 Å². The molecular weight excluding hydrogens is 552 g/mol. The minimum absolute atomic E-state index is 0.558. The van der Waals surface area contributed by atoms with Crippen LogP contribution in [0.1, 0.15) is 12.8 Å². The first-order valence-electron chi connectivity index (χ1n) is 8.99. The van der Waals surface area contributed by atoms with Crippen LogP contribution in [0.2, 0.25) is 0 Å². The van der Waals surface area contributed by atoms with Gasteiger partial charge in [-0.15, -0.1) is 0 Å². The van der Waals surface area contributed by atoms with Gasteiger partial charge in [-0.3, -0.25) is 9.59 Å². The monoisotopic (exact) mass is 574 g/mol. The van der Waals surface area contributed by atoms with Crippen molar-refractivity contribution in [2.45, 2.75) is 30.7 Å². The average Bonchev–Trinajstić information content (AvgIpc) is 2.75. The highest BCUT2D eigenvalue weighted by Crippen LogP contribution is 2.15. The van der Waals surface area contributed by atoms with Crippen LogP contribution in [-0.4, -0.2) is 133 Å². The third-order valence-corrected chi connectivity index (χ3v) is 2.83. The van der Waals surface area contributed by atoms with Gasteiger partial charge in [-0.1, -0.05) is 0 Å². The zero-order valence-corrected chi connectivity index (χ0v) is 18.9. The Kier molecular flexibility index (Phi) is 21.7. The fourth-order valence-electron chi connectivity index (χ4n) is 1.27. The molecule has 0 heterocycles. The smallest absolute Gasteiger partial charge is 0.336 e. The fourth-order valence-corrected chi connectivity index (χ4v) is 1.27. The van der Waals surface area contributed by atoms with Crippen molar-refractivity contribution in [3.63, 3.8) is 0 Å². The van der Waals surface area contributed by atoms with Crippen molar-refractivity contribution in [3.8, 4) is 0 Å². The van der Waals surface area contributed by atoms with Crippen molar-refractivity contribution in [1.82, 2.24) is 0 Å². The van der Waals surface area contributed by atoms with Crippen LogP contribution < -0.4 is 0 Å². The first-order valence-corrected chi connectivity index (χ1v) is 8.99. The summed E-state index contributed by atoms with van der Waals surface area (Å²) in [6.07, 6.45) is -4.59. The third kappa shape index (κ3) is 28.7. The maximum Gasteiger partial charge on any atom is 0.336 e. The molecule has 39 heavy (non-hydrogen) atoms. The minimum atomic E-state index is -2.74. The van der Waals surface area contributed by atoms with Gasteiger partial charge in [-0.05, 0) is 0 Å². The molecule has 0 aliphatic carbocycles. The summed E-state index contributed by atoms with van der Waals surface area (Å²) in [5.41, 5.74) is -2.74. The molecule has 2 unspecified atom stereocenters. The average molecular weight is 574 g/mol. The molecule has 2 atom stereocenters. The Balaban J connectivity index is -0.000000214. The van der Waals surface area contributed by atoms with E-state index in [0.717, 1.165) is 0 Å². The molecule has 0 aliphatic rings. The molecule has 0 rings (SSSR count). The summed E-state index contributed by atoms with van der Waals surface area (Å²) in [6.45, 7) is 0. The van der Waals surface area contributed by atoms with Crippen LogP contribution in [0.3, 0.4) is 0 Å². The molecule has 0 amide bonds. The first-order chi connectivity index (χ1) is 17.5. The maximum atomic E-state index is 10.3. The highest BCUT2D eigenvalue weighted by molar-refractivity contribution is 5.90. The van der Waals surface area contributed by atoms with Gasteiger partial charge in [-0.2, -0.15) is 0 Å². The minimum Gasteiger partial charge on any atom is -0.481 e. The molecule has 0 aromatic carbocycles. The van der Waals surface area contributed by atoms with Gasteiger partial charge in [0.15, 0.2) is 17.8 Å². The van der Waals surface area contributed by atoms with Crippen molar-refractivity contribution in [1.29, 1.82) is 0 Å². The summed E-state index contributed by atoms with van der Waals surface area (Å²) in [6, 6.07) is 0. The van der Waals surface area contributed by atoms with E-state index in [1.807, 2.05) is 0 Å². The number of hydrogen-bond donors (Lipinski definition) is 12. The second-order valence-electron chi connectivity index (χ2n) is 6.06. The standard InChI is InChI=1S/C6H8O7.C4H6O6.2C4H4O4/c7-3(8)1-6(13,5(11)12)2-4(9)10;5-1(3(7)8)2(6)4(9)10;2*5-3(6)1-2-4(7)8/h13H,1-2H2,(H,7,8)(H,9,10)(H,11,12);1-2,5-6H,(H,7,8)(H,9,10);2*1-2H,(H,5,6)(H,7,8). The summed E-state index contributed by atoms with van der Waals surface area (Å²) in [5, 5.41) is 97.6. The van der Waals surface area contributed by atoms with Gasteiger partial charge in [0, 0.05) is 24.3 Å². The van der Waals surface area contributed by atoms with E-state index in [4.69, 9.17) is 61.3 Å². The van der Waals surface area contributed by atoms with Gasteiger partial charge in [0.25, 0.3) is 0 Å². The van der Waals surface area contributed by atoms with Crippen molar-refractivity contribution in [2.75, 3.05) is 0 Å². The normalized spacial score (nSPS) is 11.6. The van der Waals surface area contributed by atoms with Crippen LogP contribution in [0, 0.1) is 0 Å². The Morgan fingerprint density at radius 1 is 0.487 bits per heavy atom. The molecule has 0 saturated heterocycles. The molecule has 12 N–H and O–H groups in total. The van der Waals surface area contributed by atoms with Gasteiger partial charge >= 0.3 is 53.7 Å². The Bertz CT molecular complexity index is 873. The maximum absolute atomic E-state index is 10.3. The molecule has 0 fully saturated rings. The molecule has 0 spiro atoms. The van der Waals surface area contributed by atoms with Crippen LogP contribution in [-0.2, 0) is 43.2 Å². The van der Waals surface area contributed by atoms with Crippen LogP contribution in [0.4, 0.5) is 0 Å². The summed E-state index contributed by atoms with van der Waals surface area (Å²) < 4.78 is 0. The molecule has 0 bridgehead atoms. The topological polar surface area (TPSA) is 396 Å². The zero-order valence-electron chi connectivity index (χ0n) is 18.9. The van der Waals surface area contributed by atoms with Crippen molar-refractivity contribution >= 4 is 53.7 Å². The predicted molar refractivity (Wildman–Crippen MR) is 113 cm³/mol. The highest BCUT2D eigenvalue weighted by Gasteiger charge is 2.40. The number of aliphatic carboxylic acids is 9. The van der Waals surface area contributed by atoms with E-state index >= 15 is 0 Å². The predicted octanol–water partition coefficient (Wildman–Crippen LogP) is -3.95. The Hall–Kier alpha value is -5.41. The summed E-state index contributed by atoms with van der Waals surface area (Å²) in [7, 11) is 0. The molecule has 0 saturated carbocycles. The summed E-state index contributed by atoms with van der Waals surface area (Å²) in [4.78, 5) is 88.2. The van der Waals surface area contributed by atoms with Crippen LogP contribution in [0.25, 0.3) is 0 Å². The van der Waals surface area contributed by atoms with E-state index < -0.39 is 84.4 Å². The van der Waals surface area contributed by atoms with E-state index in [-0.39, 0.29) is 0 Å². The van der Waals surface area contributed by atoms with E-state index in [2.05, 4.69) is 0 Å². The number of aliphatic hydroxyl groups is 3. The lowest BCUT2D eigenvalue weighted by Crippen LogP contribution is -2.42. The van der Waals surface area contributed by atoms with E-state index in [0.29, 0.717) is 24.3 Å². The number of carbonyl (C=O) groups is 9. The Morgan fingerprint density at radius 2 is 0.692 bits per heavy atom.